The first-order valence-electron chi connectivity index (χ1n) is 5.66. The lowest BCUT2D eigenvalue weighted by atomic mass is 10.2. The van der Waals surface area contributed by atoms with Crippen molar-refractivity contribution < 1.29 is 17.5 Å². The van der Waals surface area contributed by atoms with Gasteiger partial charge in [-0.15, -0.1) is 0 Å². The van der Waals surface area contributed by atoms with E-state index < -0.39 is 10.0 Å². The van der Waals surface area contributed by atoms with Gasteiger partial charge in [0.25, 0.3) is 0 Å². The van der Waals surface area contributed by atoms with E-state index in [0.717, 1.165) is 0 Å². The van der Waals surface area contributed by atoms with Crippen LogP contribution in [0.15, 0.2) is 50.2 Å². The van der Waals surface area contributed by atoms with Crippen LogP contribution in [0.3, 0.4) is 0 Å². The average Bonchev–Trinajstić information content (AvgIpc) is 2.38. The summed E-state index contributed by atoms with van der Waals surface area (Å²) in [6, 6.07) is 8.66. The Balaban J connectivity index is 2.28. The summed E-state index contributed by atoms with van der Waals surface area (Å²) in [6.07, 6.45) is 0. The number of rotatable bonds is 4. The van der Waals surface area contributed by atoms with Crippen molar-refractivity contribution >= 4 is 41.9 Å². The number of primary sulfonamides is 1. The first-order chi connectivity index (χ1) is 9.77. The van der Waals surface area contributed by atoms with Crippen molar-refractivity contribution in [3.8, 4) is 5.75 Å². The maximum Gasteiger partial charge on any atom is 0.241 e. The van der Waals surface area contributed by atoms with Crippen LogP contribution in [0.5, 0.6) is 5.75 Å². The van der Waals surface area contributed by atoms with Gasteiger partial charge in [-0.2, -0.15) is 0 Å². The van der Waals surface area contributed by atoms with Crippen molar-refractivity contribution in [2.75, 3.05) is 0 Å². The third kappa shape index (κ3) is 4.26. The van der Waals surface area contributed by atoms with Crippen molar-refractivity contribution in [1.82, 2.24) is 0 Å². The predicted octanol–water partition coefficient (Wildman–Crippen LogP) is 3.58. The van der Waals surface area contributed by atoms with Gasteiger partial charge in [0.05, 0.1) is 0 Å². The third-order valence-corrected chi connectivity index (χ3v) is 4.77. The normalized spacial score (nSPS) is 11.4. The SMILES string of the molecule is NS(=O)(=O)c1cc(Br)ccc1OCc1ccc(F)cc1Br. The quantitative estimate of drug-likeness (QED) is 0.793. The minimum atomic E-state index is -3.90. The summed E-state index contributed by atoms with van der Waals surface area (Å²) < 4.78 is 42.7. The van der Waals surface area contributed by atoms with E-state index in [1.54, 1.807) is 12.1 Å². The van der Waals surface area contributed by atoms with E-state index in [-0.39, 0.29) is 23.1 Å². The van der Waals surface area contributed by atoms with E-state index in [9.17, 15) is 12.8 Å². The molecule has 0 saturated carbocycles. The lowest BCUT2D eigenvalue weighted by Gasteiger charge is -2.11. The second-order valence-corrected chi connectivity index (χ2v) is 7.46. The molecule has 0 aromatic heterocycles. The Kier molecular flexibility index (Phi) is 5.03. The van der Waals surface area contributed by atoms with E-state index in [4.69, 9.17) is 9.88 Å². The van der Waals surface area contributed by atoms with Gasteiger partial charge in [-0.25, -0.2) is 17.9 Å². The van der Waals surface area contributed by atoms with Gasteiger partial charge in [0.15, 0.2) is 0 Å². The van der Waals surface area contributed by atoms with Gasteiger partial charge in [-0.05, 0) is 30.3 Å². The van der Waals surface area contributed by atoms with Crippen molar-refractivity contribution in [2.24, 2.45) is 5.14 Å². The van der Waals surface area contributed by atoms with Gasteiger partial charge < -0.3 is 4.74 Å². The topological polar surface area (TPSA) is 69.4 Å². The Morgan fingerprint density at radius 2 is 1.86 bits per heavy atom. The number of hydrogen-bond acceptors (Lipinski definition) is 3. The summed E-state index contributed by atoms with van der Waals surface area (Å²) in [4.78, 5) is -0.116. The first kappa shape index (κ1) is 16.4. The molecular weight excluding hydrogens is 429 g/mol. The molecule has 8 heteroatoms. The number of sulfonamides is 1. The lowest BCUT2D eigenvalue weighted by molar-refractivity contribution is 0.297. The maximum absolute atomic E-state index is 13.0. The molecule has 0 amide bonds. The number of hydrogen-bond donors (Lipinski definition) is 1. The highest BCUT2D eigenvalue weighted by Crippen LogP contribution is 2.28. The van der Waals surface area contributed by atoms with Gasteiger partial charge in [-0.3, -0.25) is 0 Å². The Morgan fingerprint density at radius 3 is 2.48 bits per heavy atom. The summed E-state index contributed by atoms with van der Waals surface area (Å²) in [5.74, 6) is -0.239. The van der Waals surface area contributed by atoms with Crippen LogP contribution in [0.2, 0.25) is 0 Å². The molecule has 0 aliphatic rings. The van der Waals surface area contributed by atoms with Gasteiger partial charge in [0.2, 0.25) is 10.0 Å². The number of benzene rings is 2. The minimum Gasteiger partial charge on any atom is -0.487 e. The van der Waals surface area contributed by atoms with Crippen LogP contribution in [0.1, 0.15) is 5.56 Å². The number of halogens is 3. The molecule has 0 saturated heterocycles. The molecule has 21 heavy (non-hydrogen) atoms. The molecule has 0 fully saturated rings. The molecule has 2 N–H and O–H groups in total. The minimum absolute atomic E-state index is 0.0744. The summed E-state index contributed by atoms with van der Waals surface area (Å²) >= 11 is 6.40. The van der Waals surface area contributed by atoms with Crippen LogP contribution >= 0.6 is 31.9 Å². The molecule has 0 bridgehead atoms. The Morgan fingerprint density at radius 1 is 1.14 bits per heavy atom. The zero-order chi connectivity index (χ0) is 15.6. The molecular formula is C13H10Br2FNO3S. The maximum atomic E-state index is 13.0. The van der Waals surface area contributed by atoms with Crippen LogP contribution in [-0.4, -0.2) is 8.42 Å². The molecule has 112 valence electrons. The molecule has 4 nitrogen and oxygen atoms in total. The first-order valence-corrected chi connectivity index (χ1v) is 8.79. The Labute approximate surface area is 138 Å². The molecule has 0 radical (unpaired) electrons. The van der Waals surface area contributed by atoms with Crippen LogP contribution in [0.25, 0.3) is 0 Å². The lowest BCUT2D eigenvalue weighted by Crippen LogP contribution is -2.14. The van der Waals surface area contributed by atoms with Gasteiger partial charge >= 0.3 is 0 Å². The highest BCUT2D eigenvalue weighted by Gasteiger charge is 2.16. The molecule has 0 spiro atoms. The summed E-state index contributed by atoms with van der Waals surface area (Å²) in [5.41, 5.74) is 0.680. The molecule has 0 atom stereocenters. The Bertz CT molecular complexity index is 781. The second-order valence-electron chi connectivity index (χ2n) is 4.16. The average molecular weight is 439 g/mol. The van der Waals surface area contributed by atoms with E-state index in [1.165, 1.54) is 24.3 Å². The van der Waals surface area contributed by atoms with E-state index >= 15 is 0 Å². The van der Waals surface area contributed by atoms with Crippen LogP contribution in [-0.2, 0) is 16.6 Å². The molecule has 0 aliphatic heterocycles. The van der Waals surface area contributed by atoms with Crippen molar-refractivity contribution in [3.05, 3.63) is 56.7 Å². The predicted molar refractivity (Wildman–Crippen MR) is 83.9 cm³/mol. The fraction of sp³-hybridized carbons (Fsp3) is 0.0769. The smallest absolute Gasteiger partial charge is 0.241 e. The highest BCUT2D eigenvalue weighted by molar-refractivity contribution is 9.10. The summed E-state index contributed by atoms with van der Waals surface area (Å²) in [7, 11) is -3.90. The largest absolute Gasteiger partial charge is 0.487 e. The number of ether oxygens (including phenoxy) is 1. The third-order valence-electron chi connectivity index (χ3n) is 2.61. The molecule has 2 aromatic rings. The van der Waals surface area contributed by atoms with Crippen LogP contribution in [0, 0.1) is 5.82 Å². The fourth-order valence-electron chi connectivity index (χ4n) is 1.62. The van der Waals surface area contributed by atoms with E-state index in [2.05, 4.69) is 31.9 Å². The monoisotopic (exact) mass is 437 g/mol. The summed E-state index contributed by atoms with van der Waals surface area (Å²) in [6.45, 7) is 0.0744. The molecule has 2 rings (SSSR count). The summed E-state index contributed by atoms with van der Waals surface area (Å²) in [5, 5.41) is 5.16. The van der Waals surface area contributed by atoms with Crippen molar-refractivity contribution in [3.63, 3.8) is 0 Å². The molecule has 2 aromatic carbocycles. The molecule has 0 unspecified atom stereocenters. The fourth-order valence-corrected chi connectivity index (χ4v) is 3.29. The van der Waals surface area contributed by atoms with E-state index in [1.807, 2.05) is 0 Å². The van der Waals surface area contributed by atoms with Gasteiger partial charge in [0.1, 0.15) is 23.1 Å². The van der Waals surface area contributed by atoms with Crippen molar-refractivity contribution in [1.29, 1.82) is 0 Å². The molecule has 0 aliphatic carbocycles. The van der Waals surface area contributed by atoms with Crippen molar-refractivity contribution in [2.45, 2.75) is 11.5 Å². The van der Waals surface area contributed by atoms with Gasteiger partial charge in [0, 0.05) is 14.5 Å². The highest BCUT2D eigenvalue weighted by atomic mass is 79.9. The van der Waals surface area contributed by atoms with Gasteiger partial charge in [-0.1, -0.05) is 37.9 Å². The zero-order valence-electron chi connectivity index (χ0n) is 10.5. The Hall–Kier alpha value is -0.960. The van der Waals surface area contributed by atoms with Crippen LogP contribution < -0.4 is 9.88 Å². The number of nitrogens with two attached hydrogens (primary N) is 1. The second kappa shape index (κ2) is 6.43. The molecule has 0 heterocycles. The van der Waals surface area contributed by atoms with E-state index in [0.29, 0.717) is 14.5 Å². The zero-order valence-corrected chi connectivity index (χ0v) is 14.5. The van der Waals surface area contributed by atoms with Crippen LogP contribution in [0.4, 0.5) is 4.39 Å². The standard InChI is InChI=1S/C13H10Br2FNO3S/c14-9-2-4-12(13(5-9)21(17,18)19)20-7-8-1-3-10(16)6-11(8)15/h1-6H,7H2,(H2,17,18,19).